The van der Waals surface area contributed by atoms with Crippen LogP contribution in [-0.4, -0.2) is 41.2 Å². The van der Waals surface area contributed by atoms with Gasteiger partial charge in [0.05, 0.1) is 5.60 Å². The highest BCUT2D eigenvalue weighted by Gasteiger charge is 2.60. The molecular weight excluding hydrogens is 463 g/mol. The van der Waals surface area contributed by atoms with Crippen molar-refractivity contribution < 1.29 is 17.9 Å². The smallest absolute Gasteiger partial charge is 0.402 e. The normalized spacial score (nSPS) is 47.0. The lowest BCUT2D eigenvalue weighted by Gasteiger charge is -2.53. The van der Waals surface area contributed by atoms with Crippen LogP contribution in [0.25, 0.3) is 0 Å². The lowest BCUT2D eigenvalue weighted by molar-refractivity contribution is -0.0632. The van der Waals surface area contributed by atoms with Crippen LogP contribution in [0.15, 0.2) is 22.4 Å². The highest BCUT2D eigenvalue weighted by molar-refractivity contribution is 6.02. The van der Waals surface area contributed by atoms with Gasteiger partial charge in [-0.2, -0.15) is 13.2 Å². The number of hydrogen-bond donors (Lipinski definition) is 2. The topological polar surface area (TPSA) is 62.3 Å². The van der Waals surface area contributed by atoms with Gasteiger partial charge in [0, 0.05) is 23.9 Å². The molecule has 0 aromatic rings. The second-order valence-corrected chi connectivity index (χ2v) is 13.5. The molecule has 2 saturated carbocycles. The SMILES string of the molecule is CC1=C2CC3C(CCC4CC(N)=C(C(=N)C(F)(F)F)CC43C)C2CCC2(C1)OC1CC(C)CN1[C@H]2C. The minimum Gasteiger partial charge on any atom is -0.402 e. The summed E-state index contributed by atoms with van der Waals surface area (Å²) in [5.74, 6) is 2.41. The Bertz CT molecular complexity index is 1030. The largest absolute Gasteiger partial charge is 0.432 e. The summed E-state index contributed by atoms with van der Waals surface area (Å²) in [4.78, 5) is 2.59. The number of fused-ring (bicyclic) bond motifs is 6. The first-order valence-corrected chi connectivity index (χ1v) is 14.1. The zero-order valence-electron chi connectivity index (χ0n) is 22.2. The molecule has 36 heavy (non-hydrogen) atoms. The van der Waals surface area contributed by atoms with E-state index in [1.807, 2.05) is 0 Å². The van der Waals surface area contributed by atoms with E-state index in [2.05, 4.69) is 32.6 Å². The van der Waals surface area contributed by atoms with E-state index in [-0.39, 0.29) is 22.8 Å². The third kappa shape index (κ3) is 3.50. The molecule has 1 spiro atoms. The summed E-state index contributed by atoms with van der Waals surface area (Å²) < 4.78 is 47.4. The first kappa shape index (κ1) is 25.0. The number of allylic oxidation sites excluding steroid dienone is 3. The Morgan fingerprint density at radius 1 is 1.14 bits per heavy atom. The molecule has 9 atom stereocenters. The van der Waals surface area contributed by atoms with E-state index < -0.39 is 11.9 Å². The third-order valence-corrected chi connectivity index (χ3v) is 11.7. The van der Waals surface area contributed by atoms with Gasteiger partial charge in [0.1, 0.15) is 11.9 Å². The standard InChI is InChI=1S/C29H42F3N3O/c1-15-9-25-35(14-15)17(3)28(36-25)8-7-19-20-6-5-18-10-24(33)22(26(34)29(30,31)32)13-27(18,4)23(20)11-21(19)16(2)12-28/h15,17-20,23,25,34H,5-14,33H2,1-4H3/t15?,17-,18?,19?,20?,23?,25?,27?,28?/m0/s1. The number of nitrogens with one attached hydrogen (secondary N) is 1. The number of alkyl halides is 3. The molecule has 2 saturated heterocycles. The summed E-state index contributed by atoms with van der Waals surface area (Å²) >= 11 is 0. The predicted octanol–water partition coefficient (Wildman–Crippen LogP) is 6.57. The highest BCUT2D eigenvalue weighted by Crippen LogP contribution is 2.65. The van der Waals surface area contributed by atoms with Crippen molar-refractivity contribution in [3.8, 4) is 0 Å². The Morgan fingerprint density at radius 3 is 2.58 bits per heavy atom. The number of hydrogen-bond acceptors (Lipinski definition) is 4. The van der Waals surface area contributed by atoms with E-state index >= 15 is 0 Å². The minimum atomic E-state index is -4.64. The fraction of sp³-hybridized carbons (Fsp3) is 0.828. The maximum atomic E-state index is 13.5. The molecule has 0 amide bonds. The zero-order chi connectivity index (χ0) is 25.8. The van der Waals surface area contributed by atoms with E-state index in [1.54, 1.807) is 5.57 Å². The van der Waals surface area contributed by atoms with E-state index in [1.165, 1.54) is 5.57 Å². The lowest BCUT2D eigenvalue weighted by Crippen LogP contribution is -2.47. The molecule has 3 N–H and O–H groups in total. The average Bonchev–Trinajstić information content (AvgIpc) is 3.39. The van der Waals surface area contributed by atoms with Gasteiger partial charge >= 0.3 is 6.18 Å². The molecule has 4 aliphatic carbocycles. The molecular formula is C29H42F3N3O. The highest BCUT2D eigenvalue weighted by atomic mass is 19.4. The van der Waals surface area contributed by atoms with Gasteiger partial charge in [-0.25, -0.2) is 0 Å². The van der Waals surface area contributed by atoms with Gasteiger partial charge in [0.25, 0.3) is 0 Å². The van der Waals surface area contributed by atoms with E-state index in [0.29, 0.717) is 54.2 Å². The summed E-state index contributed by atoms with van der Waals surface area (Å²) in [6, 6.07) is 0.424. The minimum absolute atomic E-state index is 0.0571. The number of nitrogens with zero attached hydrogens (tertiary/aromatic N) is 1. The molecule has 0 radical (unpaired) electrons. The second-order valence-electron chi connectivity index (χ2n) is 13.5. The maximum Gasteiger partial charge on any atom is 0.432 e. The molecule has 8 unspecified atom stereocenters. The van der Waals surface area contributed by atoms with Crippen LogP contribution in [0.3, 0.4) is 0 Å². The van der Waals surface area contributed by atoms with Crippen molar-refractivity contribution in [2.75, 3.05) is 6.54 Å². The van der Waals surface area contributed by atoms with Gasteiger partial charge in [-0.15, -0.1) is 0 Å². The molecule has 4 nitrogen and oxygen atoms in total. The second kappa shape index (κ2) is 8.08. The maximum absolute atomic E-state index is 13.5. The van der Waals surface area contributed by atoms with Crippen LogP contribution in [-0.2, 0) is 4.74 Å². The Kier molecular flexibility index (Phi) is 5.60. The van der Waals surface area contributed by atoms with Crippen molar-refractivity contribution >= 4 is 5.71 Å². The van der Waals surface area contributed by atoms with Gasteiger partial charge in [0.2, 0.25) is 0 Å². The predicted molar refractivity (Wildman–Crippen MR) is 134 cm³/mol. The van der Waals surface area contributed by atoms with Gasteiger partial charge in [-0.1, -0.05) is 25.0 Å². The summed E-state index contributed by atoms with van der Waals surface area (Å²) in [6.45, 7) is 10.3. The van der Waals surface area contributed by atoms with E-state index in [0.717, 1.165) is 51.5 Å². The lowest BCUT2D eigenvalue weighted by atomic mass is 9.52. The van der Waals surface area contributed by atoms with Crippen molar-refractivity contribution in [1.82, 2.24) is 4.90 Å². The first-order chi connectivity index (χ1) is 16.8. The molecule has 6 rings (SSSR count). The van der Waals surface area contributed by atoms with Crippen LogP contribution in [0, 0.1) is 40.4 Å². The summed E-state index contributed by atoms with van der Waals surface area (Å²) in [7, 11) is 0. The molecule has 7 heteroatoms. The molecule has 0 bridgehead atoms. The van der Waals surface area contributed by atoms with Crippen molar-refractivity contribution in [1.29, 1.82) is 5.41 Å². The summed E-state index contributed by atoms with van der Waals surface area (Å²) in [5, 5.41) is 7.86. The Hall–Kier alpha value is -1.34. The molecule has 2 heterocycles. The van der Waals surface area contributed by atoms with Gasteiger partial charge in [-0.3, -0.25) is 10.3 Å². The van der Waals surface area contributed by atoms with Crippen LogP contribution in [0.4, 0.5) is 13.2 Å². The fourth-order valence-electron chi connectivity index (χ4n) is 9.76. The van der Waals surface area contributed by atoms with Crippen molar-refractivity contribution in [2.45, 2.75) is 110 Å². The van der Waals surface area contributed by atoms with Gasteiger partial charge < -0.3 is 10.5 Å². The zero-order valence-corrected chi connectivity index (χ0v) is 22.2. The van der Waals surface area contributed by atoms with Gasteiger partial charge in [0.15, 0.2) is 0 Å². The van der Waals surface area contributed by atoms with E-state index in [4.69, 9.17) is 15.9 Å². The van der Waals surface area contributed by atoms with Crippen LogP contribution >= 0.6 is 0 Å². The molecule has 6 aliphatic rings. The van der Waals surface area contributed by atoms with Crippen molar-refractivity contribution in [2.24, 2.45) is 40.7 Å². The van der Waals surface area contributed by atoms with Crippen molar-refractivity contribution in [3.05, 3.63) is 22.4 Å². The third-order valence-electron chi connectivity index (χ3n) is 11.7. The number of halogens is 3. The summed E-state index contributed by atoms with van der Waals surface area (Å²) in [5.41, 5.74) is 8.03. The van der Waals surface area contributed by atoms with E-state index in [9.17, 15) is 13.2 Å². The van der Waals surface area contributed by atoms with Crippen LogP contribution in [0.1, 0.15) is 85.5 Å². The Labute approximate surface area is 213 Å². The molecule has 200 valence electrons. The Morgan fingerprint density at radius 2 is 1.89 bits per heavy atom. The Balaban J connectivity index is 1.28. The average molecular weight is 506 g/mol. The van der Waals surface area contributed by atoms with Crippen molar-refractivity contribution in [3.63, 3.8) is 0 Å². The number of rotatable bonds is 1. The first-order valence-electron chi connectivity index (χ1n) is 14.1. The molecule has 0 aromatic heterocycles. The fourth-order valence-corrected chi connectivity index (χ4v) is 9.76. The summed E-state index contributed by atoms with van der Waals surface area (Å²) in [6.07, 6.45) is 3.88. The van der Waals surface area contributed by atoms with Crippen LogP contribution < -0.4 is 5.73 Å². The number of nitrogens with two attached hydrogens (primary N) is 1. The monoisotopic (exact) mass is 505 g/mol. The molecule has 2 aliphatic heterocycles. The quantitative estimate of drug-likeness (QED) is 0.313. The molecule has 0 aromatic carbocycles. The van der Waals surface area contributed by atoms with Crippen LogP contribution in [0.2, 0.25) is 0 Å². The number of ether oxygens (including phenoxy) is 1. The van der Waals surface area contributed by atoms with Crippen LogP contribution in [0.5, 0.6) is 0 Å². The molecule has 4 fully saturated rings. The van der Waals surface area contributed by atoms with Gasteiger partial charge in [-0.05, 0) is 107 Å².